The molecule has 11 heteroatoms. The van der Waals surface area contributed by atoms with Crippen molar-refractivity contribution in [3.63, 3.8) is 0 Å². The molecule has 0 atom stereocenters. The van der Waals surface area contributed by atoms with Gasteiger partial charge in [0.05, 0.1) is 64.4 Å². The Hall–Kier alpha value is -4.80. The van der Waals surface area contributed by atoms with E-state index in [1.807, 2.05) is 72.3 Å². The number of fused-ring (bicyclic) bond motifs is 1. The molecule has 5 rings (SSSR count). The lowest BCUT2D eigenvalue weighted by Gasteiger charge is -2.12. The van der Waals surface area contributed by atoms with Crippen molar-refractivity contribution in [1.82, 2.24) is 14.3 Å². The summed E-state index contributed by atoms with van der Waals surface area (Å²) in [6.45, 7) is 3.06. The lowest BCUT2D eigenvalue weighted by atomic mass is 9.98. The van der Waals surface area contributed by atoms with Crippen LogP contribution in [0.25, 0.3) is 22.0 Å². The number of ether oxygens (including phenoxy) is 5. The van der Waals surface area contributed by atoms with E-state index < -0.39 is 5.97 Å². The van der Waals surface area contributed by atoms with Crippen molar-refractivity contribution in [2.45, 2.75) is 39.5 Å². The molecule has 0 N–H and O–H groups in total. The summed E-state index contributed by atoms with van der Waals surface area (Å²) in [5, 5.41) is 6.30. The molecule has 0 saturated carbocycles. The van der Waals surface area contributed by atoms with E-state index >= 15 is 0 Å². The molecule has 0 aliphatic rings. The summed E-state index contributed by atoms with van der Waals surface area (Å²) in [6, 6.07) is 19.2. The number of methoxy groups -OCH3 is 4. The third kappa shape index (κ3) is 6.99. The summed E-state index contributed by atoms with van der Waals surface area (Å²) in [5.41, 5.74) is 6.85. The summed E-state index contributed by atoms with van der Waals surface area (Å²) >= 11 is 7.03. The number of aryl methyl sites for hydroxylation is 2. The normalized spacial score (nSPS) is 11.1. The van der Waals surface area contributed by atoms with Gasteiger partial charge in [-0.25, -0.2) is 4.79 Å². The molecular formula is C36H38ClN3O7. The Morgan fingerprint density at radius 3 is 2.04 bits per heavy atom. The first kappa shape index (κ1) is 33.6. The molecule has 0 aliphatic heterocycles. The van der Waals surface area contributed by atoms with Crippen LogP contribution in [0.2, 0.25) is 5.02 Å². The number of aromatic nitrogens is 3. The molecule has 0 aliphatic carbocycles. The third-order valence-corrected chi connectivity index (χ3v) is 8.60. The predicted octanol–water partition coefficient (Wildman–Crippen LogP) is 6.68. The Kier molecular flexibility index (Phi) is 10.5. The van der Waals surface area contributed by atoms with Gasteiger partial charge in [-0.1, -0.05) is 41.9 Å². The second-order valence-corrected chi connectivity index (χ2v) is 11.4. The van der Waals surface area contributed by atoms with Crippen molar-refractivity contribution in [2.75, 3.05) is 28.4 Å². The van der Waals surface area contributed by atoms with Crippen molar-refractivity contribution in [3.8, 4) is 22.6 Å². The van der Waals surface area contributed by atoms with Crippen LogP contribution in [0, 0.1) is 6.92 Å². The lowest BCUT2D eigenvalue weighted by molar-refractivity contribution is -0.140. The number of hydrogen-bond donors (Lipinski definition) is 0. The lowest BCUT2D eigenvalue weighted by Crippen LogP contribution is -2.11. The molecule has 0 bridgehead atoms. The van der Waals surface area contributed by atoms with Crippen molar-refractivity contribution in [3.05, 3.63) is 99.5 Å². The molecule has 0 spiro atoms. The minimum absolute atomic E-state index is 0.0981. The van der Waals surface area contributed by atoms with E-state index in [2.05, 4.69) is 0 Å². The minimum atomic E-state index is -0.513. The highest BCUT2D eigenvalue weighted by atomic mass is 35.5. The topological polar surface area (TPSA) is 103 Å². The van der Waals surface area contributed by atoms with Crippen LogP contribution in [-0.2, 0) is 52.2 Å². The Morgan fingerprint density at radius 1 is 0.809 bits per heavy atom. The molecule has 246 valence electrons. The molecule has 2 aromatic heterocycles. The number of benzene rings is 3. The molecule has 5 aromatic rings. The van der Waals surface area contributed by atoms with Crippen molar-refractivity contribution in [1.29, 1.82) is 0 Å². The first-order valence-electron chi connectivity index (χ1n) is 15.1. The van der Waals surface area contributed by atoms with Crippen LogP contribution >= 0.6 is 11.6 Å². The molecular weight excluding hydrogens is 622 g/mol. The van der Waals surface area contributed by atoms with Gasteiger partial charge in [-0.3, -0.25) is 9.48 Å². The van der Waals surface area contributed by atoms with Crippen molar-refractivity contribution >= 4 is 34.4 Å². The molecule has 2 heterocycles. The molecule has 47 heavy (non-hydrogen) atoms. The molecule has 0 amide bonds. The van der Waals surface area contributed by atoms with Crippen molar-refractivity contribution < 1.29 is 33.3 Å². The summed E-state index contributed by atoms with van der Waals surface area (Å²) in [7, 11) is 7.75. The maximum Gasteiger partial charge on any atom is 0.354 e. The maximum atomic E-state index is 13.1. The molecule has 0 radical (unpaired) electrons. The zero-order valence-corrected chi connectivity index (χ0v) is 28.1. The predicted molar refractivity (Wildman–Crippen MR) is 179 cm³/mol. The van der Waals surface area contributed by atoms with Crippen LogP contribution in [0.15, 0.2) is 60.7 Å². The number of esters is 2. The number of carbonyl (C=O) groups excluding carboxylic acids is 2. The Bertz CT molecular complexity index is 1890. The number of nitrogens with zero attached hydrogens (tertiary/aromatic N) is 3. The molecule has 10 nitrogen and oxygen atoms in total. The van der Waals surface area contributed by atoms with Gasteiger partial charge in [0.2, 0.25) is 0 Å². The largest absolute Gasteiger partial charge is 0.497 e. The SMILES string of the molecule is COC(=O)CCc1c(C(=O)OC)n(C)c2c(-c3c(COCc4ccc(OC)cc4)nn(Cc4ccc(OC)cc4)c3C)c(Cl)ccc12. The molecule has 0 fully saturated rings. The third-order valence-electron chi connectivity index (χ3n) is 8.28. The fourth-order valence-corrected chi connectivity index (χ4v) is 6.10. The first-order chi connectivity index (χ1) is 22.7. The van der Waals surface area contributed by atoms with Crippen LogP contribution < -0.4 is 9.47 Å². The second kappa shape index (κ2) is 14.7. The van der Waals surface area contributed by atoms with Crippen LogP contribution in [0.5, 0.6) is 11.5 Å². The summed E-state index contributed by atoms with van der Waals surface area (Å²) in [5.74, 6) is 0.650. The van der Waals surface area contributed by atoms with Crippen LogP contribution in [0.1, 0.15) is 45.0 Å². The molecule has 0 saturated heterocycles. The summed E-state index contributed by atoms with van der Waals surface area (Å²) < 4.78 is 30.6. The second-order valence-electron chi connectivity index (χ2n) is 11.0. The highest BCUT2D eigenvalue weighted by Gasteiger charge is 2.28. The van der Waals surface area contributed by atoms with Gasteiger partial charge in [0.25, 0.3) is 0 Å². The van der Waals surface area contributed by atoms with E-state index in [-0.39, 0.29) is 25.4 Å². The van der Waals surface area contributed by atoms with Gasteiger partial charge in [-0.2, -0.15) is 5.10 Å². The number of rotatable bonds is 13. The maximum absolute atomic E-state index is 13.1. The van der Waals surface area contributed by atoms with E-state index in [1.165, 1.54) is 14.2 Å². The average Bonchev–Trinajstić information content (AvgIpc) is 3.55. The summed E-state index contributed by atoms with van der Waals surface area (Å²) in [6.07, 6.45) is 0.379. The quantitative estimate of drug-likeness (QED) is 0.129. The zero-order chi connectivity index (χ0) is 33.7. The van der Waals surface area contributed by atoms with Gasteiger partial charge in [0.15, 0.2) is 0 Å². The first-order valence-corrected chi connectivity index (χ1v) is 15.4. The van der Waals surface area contributed by atoms with Gasteiger partial charge in [0.1, 0.15) is 17.2 Å². The number of halogens is 1. The van der Waals surface area contributed by atoms with Gasteiger partial charge < -0.3 is 28.3 Å². The highest BCUT2D eigenvalue weighted by Crippen LogP contribution is 2.42. The van der Waals surface area contributed by atoms with Gasteiger partial charge in [0, 0.05) is 35.7 Å². The molecule has 3 aromatic carbocycles. The van der Waals surface area contributed by atoms with Crippen LogP contribution in [0.3, 0.4) is 0 Å². The van der Waals surface area contributed by atoms with Gasteiger partial charge in [-0.15, -0.1) is 0 Å². The Balaban J connectivity index is 1.64. The monoisotopic (exact) mass is 659 g/mol. The van der Waals surface area contributed by atoms with Gasteiger partial charge in [-0.05, 0) is 60.4 Å². The fourth-order valence-electron chi connectivity index (χ4n) is 5.86. The fraction of sp³-hybridized carbons (Fsp3) is 0.306. The van der Waals surface area contributed by atoms with Gasteiger partial charge >= 0.3 is 11.9 Å². The number of hydrogen-bond acceptors (Lipinski definition) is 8. The van der Waals surface area contributed by atoms with E-state index in [1.54, 1.807) is 25.8 Å². The van der Waals surface area contributed by atoms with Crippen LogP contribution in [0.4, 0.5) is 0 Å². The van der Waals surface area contributed by atoms with E-state index in [9.17, 15) is 9.59 Å². The van der Waals surface area contributed by atoms with E-state index in [0.29, 0.717) is 40.7 Å². The minimum Gasteiger partial charge on any atom is -0.497 e. The number of carbonyl (C=O) groups is 2. The average molecular weight is 660 g/mol. The highest BCUT2D eigenvalue weighted by molar-refractivity contribution is 6.35. The standard InChI is InChI=1S/C36H38ClN3O7/c1-22-32(33-29(37)17-15-27-28(16-18-31(41)45-5)35(36(42)46-6)39(2)34(27)33)30(21-47-20-24-9-13-26(44-4)14-10-24)38-40(22)19-23-7-11-25(43-3)12-8-23/h7-15,17H,16,18-21H2,1-6H3. The Morgan fingerprint density at radius 2 is 1.45 bits per heavy atom. The molecule has 0 unspecified atom stereocenters. The van der Waals surface area contributed by atoms with Crippen LogP contribution in [-0.4, -0.2) is 54.7 Å². The smallest absolute Gasteiger partial charge is 0.354 e. The van der Waals surface area contributed by atoms with E-state index in [0.717, 1.165) is 44.8 Å². The van der Waals surface area contributed by atoms with E-state index in [4.69, 9.17) is 40.4 Å². The summed E-state index contributed by atoms with van der Waals surface area (Å²) in [4.78, 5) is 25.3. The van der Waals surface area contributed by atoms with Crippen molar-refractivity contribution in [2.24, 2.45) is 7.05 Å². The Labute approximate surface area is 278 Å². The zero-order valence-electron chi connectivity index (χ0n) is 27.4.